The van der Waals surface area contributed by atoms with Gasteiger partial charge in [0.05, 0.1) is 26.7 Å². The smallest absolute Gasteiger partial charge is 0.337 e. The molecular formula is C37H20Cl2FNO7. The van der Waals surface area contributed by atoms with E-state index in [0.29, 0.717) is 16.7 Å². The Morgan fingerprint density at radius 1 is 0.812 bits per heavy atom. The van der Waals surface area contributed by atoms with Crippen molar-refractivity contribution >= 4 is 56.9 Å². The molecule has 0 atom stereocenters. The van der Waals surface area contributed by atoms with Gasteiger partial charge in [0.1, 0.15) is 11.3 Å². The summed E-state index contributed by atoms with van der Waals surface area (Å²) in [5, 5.41) is 31.8. The normalized spacial score (nSPS) is 11.4. The molecule has 2 heterocycles. The second kappa shape index (κ2) is 11.5. The van der Waals surface area contributed by atoms with E-state index in [1.807, 2.05) is 0 Å². The standard InChI is InChI=1S/C37H20Cl2FNO7/c1-16-7-2-3-9-18(16)27-32(42)21(17-8-6-12-41-15-17)13-22-25(29-28(37(46)47)24(38)14-23(30(29)39)36(44)45)26-19-10-4-5-11-20(19)33(43)31(40)35(26)48-34(22)27/h2-15,42H,1H3,(H,44,45)(H,46,47). The number of pyridine rings is 1. The van der Waals surface area contributed by atoms with Crippen LogP contribution >= 0.6 is 23.2 Å². The lowest BCUT2D eigenvalue weighted by molar-refractivity contribution is 0.0682. The number of aryl methyl sites for hydroxylation is 1. The van der Waals surface area contributed by atoms with E-state index in [2.05, 4.69) is 4.98 Å². The summed E-state index contributed by atoms with van der Waals surface area (Å²) >= 11 is 13.3. The Labute approximate surface area is 280 Å². The van der Waals surface area contributed by atoms with Crippen molar-refractivity contribution in [2.45, 2.75) is 6.92 Å². The number of aromatic carboxylic acids is 2. The number of benzene rings is 5. The summed E-state index contributed by atoms with van der Waals surface area (Å²) in [7, 11) is 0. The number of nitrogens with zero attached hydrogens (tertiary/aromatic N) is 1. The Kier molecular flexibility index (Phi) is 7.38. The lowest BCUT2D eigenvalue weighted by Crippen LogP contribution is -2.13. The molecule has 48 heavy (non-hydrogen) atoms. The molecule has 1 aliphatic heterocycles. The molecule has 0 amide bonds. The summed E-state index contributed by atoms with van der Waals surface area (Å²) in [4.78, 5) is 42.8. The summed E-state index contributed by atoms with van der Waals surface area (Å²) in [6, 6.07) is 18.9. The van der Waals surface area contributed by atoms with Crippen molar-refractivity contribution in [2.75, 3.05) is 0 Å². The number of carboxylic acid groups (broad SMARTS) is 2. The zero-order valence-electron chi connectivity index (χ0n) is 24.6. The molecule has 8 nitrogen and oxygen atoms in total. The predicted molar refractivity (Wildman–Crippen MR) is 181 cm³/mol. The van der Waals surface area contributed by atoms with Crippen molar-refractivity contribution in [1.29, 1.82) is 0 Å². The number of hydrogen-bond donors (Lipinski definition) is 3. The summed E-state index contributed by atoms with van der Waals surface area (Å²) in [5.74, 6) is -5.17. The van der Waals surface area contributed by atoms with Gasteiger partial charge in [0.2, 0.25) is 11.2 Å². The van der Waals surface area contributed by atoms with Gasteiger partial charge in [0.15, 0.2) is 5.76 Å². The lowest BCUT2D eigenvalue weighted by atomic mass is 9.84. The molecule has 0 fully saturated rings. The summed E-state index contributed by atoms with van der Waals surface area (Å²) in [6.07, 6.45) is 3.06. The molecule has 1 aliphatic carbocycles. The molecule has 3 N–H and O–H groups in total. The average molecular weight is 680 g/mol. The monoisotopic (exact) mass is 679 g/mol. The Morgan fingerprint density at radius 2 is 1.52 bits per heavy atom. The fourth-order valence-corrected chi connectivity index (χ4v) is 6.82. The van der Waals surface area contributed by atoms with Crippen molar-refractivity contribution in [2.24, 2.45) is 0 Å². The van der Waals surface area contributed by atoms with Crippen LogP contribution in [0.3, 0.4) is 0 Å². The van der Waals surface area contributed by atoms with E-state index in [4.69, 9.17) is 27.6 Å². The number of hydrogen-bond acceptors (Lipinski definition) is 6. The van der Waals surface area contributed by atoms with Gasteiger partial charge >= 0.3 is 11.9 Å². The van der Waals surface area contributed by atoms with Gasteiger partial charge in [-0.05, 0) is 41.6 Å². The predicted octanol–water partition coefficient (Wildman–Crippen LogP) is 9.30. The highest BCUT2D eigenvalue weighted by atomic mass is 35.5. The average Bonchev–Trinajstić information content (AvgIpc) is 3.07. The van der Waals surface area contributed by atoms with Crippen molar-refractivity contribution in [3.63, 3.8) is 0 Å². The molecule has 0 bridgehead atoms. The van der Waals surface area contributed by atoms with E-state index < -0.39 is 50.1 Å². The van der Waals surface area contributed by atoms with Crippen LogP contribution in [0.4, 0.5) is 4.39 Å². The van der Waals surface area contributed by atoms with Crippen molar-refractivity contribution in [3.05, 3.63) is 128 Å². The highest BCUT2D eigenvalue weighted by Crippen LogP contribution is 2.54. The molecule has 0 spiro atoms. The van der Waals surface area contributed by atoms with Crippen LogP contribution in [0, 0.1) is 12.7 Å². The van der Waals surface area contributed by atoms with Gasteiger partial charge in [-0.3, -0.25) is 9.78 Å². The van der Waals surface area contributed by atoms with Gasteiger partial charge in [-0.2, -0.15) is 4.39 Å². The third kappa shape index (κ3) is 4.58. The van der Waals surface area contributed by atoms with Gasteiger partial charge in [0.25, 0.3) is 0 Å². The Bertz CT molecular complexity index is 2550. The number of rotatable bonds is 5. The van der Waals surface area contributed by atoms with Crippen LogP contribution in [0.1, 0.15) is 26.3 Å². The molecule has 1 aromatic heterocycles. The number of aromatic hydroxyl groups is 1. The van der Waals surface area contributed by atoms with E-state index in [9.17, 15) is 29.7 Å². The third-order valence-electron chi connectivity index (χ3n) is 8.34. The second-order valence-corrected chi connectivity index (χ2v) is 11.8. The van der Waals surface area contributed by atoms with Crippen molar-refractivity contribution in [3.8, 4) is 50.5 Å². The number of halogens is 3. The van der Waals surface area contributed by atoms with Crippen LogP contribution in [0.25, 0.3) is 66.4 Å². The van der Waals surface area contributed by atoms with Crippen molar-refractivity contribution in [1.82, 2.24) is 4.98 Å². The fraction of sp³-hybridized carbons (Fsp3) is 0.0270. The van der Waals surface area contributed by atoms with Crippen LogP contribution in [0.15, 0.2) is 94.4 Å². The summed E-state index contributed by atoms with van der Waals surface area (Å²) < 4.78 is 22.6. The Morgan fingerprint density at radius 3 is 2.19 bits per heavy atom. The first kappa shape index (κ1) is 30.9. The number of phenolic OH excluding ortho intramolecular Hbond substituents is 1. The summed E-state index contributed by atoms with van der Waals surface area (Å²) in [5.41, 5.74) is -0.702. The zero-order valence-corrected chi connectivity index (χ0v) is 26.2. The van der Waals surface area contributed by atoms with Crippen LogP contribution in [-0.4, -0.2) is 32.2 Å². The molecule has 11 heteroatoms. The van der Waals surface area contributed by atoms with Gasteiger partial charge in [-0.25, -0.2) is 9.59 Å². The molecule has 0 saturated heterocycles. The van der Waals surface area contributed by atoms with E-state index in [1.54, 1.807) is 61.7 Å². The van der Waals surface area contributed by atoms with E-state index in [-0.39, 0.29) is 55.3 Å². The molecule has 4 aromatic carbocycles. The quantitative estimate of drug-likeness (QED) is 0.121. The zero-order chi connectivity index (χ0) is 34.0. The minimum absolute atomic E-state index is 0.0443. The maximum atomic E-state index is 16.3. The minimum Gasteiger partial charge on any atom is -0.507 e. The SMILES string of the molecule is Cc1ccccc1-c1c(O)c(-c2cccnc2)cc2c(-c3c(Cl)c(C(=O)O)cc(Cl)c3C(=O)O)c3c4ccccc4c(=O)c(F)c-3oc12. The molecule has 2 aliphatic rings. The highest BCUT2D eigenvalue weighted by Gasteiger charge is 2.34. The maximum absolute atomic E-state index is 16.3. The van der Waals surface area contributed by atoms with Crippen LogP contribution in [0.2, 0.25) is 10.0 Å². The first-order valence-corrected chi connectivity index (χ1v) is 15.1. The number of aromatic nitrogens is 1. The van der Waals surface area contributed by atoms with Crippen molar-refractivity contribution < 1.29 is 33.7 Å². The molecule has 0 radical (unpaired) electrons. The molecule has 236 valence electrons. The molecule has 0 saturated carbocycles. The van der Waals surface area contributed by atoms with Crippen LogP contribution in [0.5, 0.6) is 5.75 Å². The molecule has 7 rings (SSSR count). The van der Waals surface area contributed by atoms with E-state index in [1.165, 1.54) is 24.4 Å². The second-order valence-electron chi connectivity index (χ2n) is 11.0. The molecule has 5 aromatic rings. The van der Waals surface area contributed by atoms with Gasteiger partial charge in [-0.15, -0.1) is 0 Å². The van der Waals surface area contributed by atoms with Gasteiger partial charge in [0, 0.05) is 51.0 Å². The largest absolute Gasteiger partial charge is 0.507 e. The minimum atomic E-state index is -1.55. The number of carboxylic acids is 2. The topological polar surface area (TPSA) is 138 Å². The van der Waals surface area contributed by atoms with E-state index in [0.717, 1.165) is 6.07 Å². The number of fused-ring (bicyclic) bond motifs is 4. The molecular weight excluding hydrogens is 660 g/mol. The number of phenols is 1. The Hall–Kier alpha value is -5.77. The van der Waals surface area contributed by atoms with E-state index >= 15 is 4.39 Å². The highest BCUT2D eigenvalue weighted by molar-refractivity contribution is 6.41. The molecule has 0 unspecified atom stereocenters. The van der Waals surface area contributed by atoms with Gasteiger partial charge in [-0.1, -0.05) is 77.8 Å². The Balaban J connectivity index is 1.88. The van der Waals surface area contributed by atoms with Crippen LogP contribution in [-0.2, 0) is 0 Å². The van der Waals surface area contributed by atoms with Crippen LogP contribution < -0.4 is 5.43 Å². The fourth-order valence-electron chi connectivity index (χ4n) is 6.21. The number of carbonyl (C=O) groups is 2. The first-order valence-electron chi connectivity index (χ1n) is 14.3. The van der Waals surface area contributed by atoms with Gasteiger partial charge < -0.3 is 19.7 Å². The lowest BCUT2D eigenvalue weighted by Gasteiger charge is -2.23. The first-order chi connectivity index (χ1) is 23.0. The maximum Gasteiger partial charge on any atom is 0.337 e. The summed E-state index contributed by atoms with van der Waals surface area (Å²) in [6.45, 7) is 1.79. The third-order valence-corrected chi connectivity index (χ3v) is 9.03.